The molecule has 1 heterocycles. The summed E-state index contributed by atoms with van der Waals surface area (Å²) in [6, 6.07) is 8.09. The van der Waals surface area contributed by atoms with Crippen LogP contribution in [-0.4, -0.2) is 30.4 Å². The standard InChI is InChI=1S/C13H17BrN2O.ClH/c1-16(13(17)12-6-3-7-15-12)9-10-4-2-5-11(14)8-10;/h2,4-5,8,12,15H,3,6-7,9H2,1H3;1H/t12-;/m0./s1. The van der Waals surface area contributed by atoms with Crippen molar-refractivity contribution >= 4 is 34.2 Å². The van der Waals surface area contributed by atoms with Gasteiger partial charge in [-0.15, -0.1) is 12.4 Å². The molecule has 0 aliphatic carbocycles. The maximum Gasteiger partial charge on any atom is 0.239 e. The van der Waals surface area contributed by atoms with Gasteiger partial charge >= 0.3 is 0 Å². The molecule has 0 aromatic heterocycles. The molecular weight excluding hydrogens is 316 g/mol. The van der Waals surface area contributed by atoms with Gasteiger partial charge in [0.05, 0.1) is 6.04 Å². The molecule has 1 saturated heterocycles. The number of rotatable bonds is 3. The molecule has 1 fully saturated rings. The fourth-order valence-corrected chi connectivity index (χ4v) is 2.60. The zero-order chi connectivity index (χ0) is 12.3. The number of likely N-dealkylation sites (N-methyl/N-ethyl adjacent to an activating group) is 1. The van der Waals surface area contributed by atoms with Gasteiger partial charge in [-0.2, -0.15) is 0 Å². The van der Waals surface area contributed by atoms with E-state index in [0.717, 1.165) is 29.4 Å². The van der Waals surface area contributed by atoms with Gasteiger partial charge in [-0.1, -0.05) is 28.1 Å². The fraction of sp³-hybridized carbons (Fsp3) is 0.462. The molecule has 0 unspecified atom stereocenters. The van der Waals surface area contributed by atoms with E-state index in [4.69, 9.17) is 0 Å². The Labute approximate surface area is 122 Å². The number of nitrogens with one attached hydrogen (secondary N) is 1. The van der Waals surface area contributed by atoms with Crippen molar-refractivity contribution in [1.29, 1.82) is 0 Å². The van der Waals surface area contributed by atoms with E-state index in [9.17, 15) is 4.79 Å². The van der Waals surface area contributed by atoms with E-state index in [-0.39, 0.29) is 24.4 Å². The van der Waals surface area contributed by atoms with E-state index in [0.29, 0.717) is 6.54 Å². The minimum absolute atomic E-state index is 0. The molecule has 1 aromatic rings. The summed E-state index contributed by atoms with van der Waals surface area (Å²) in [7, 11) is 1.86. The summed E-state index contributed by atoms with van der Waals surface area (Å²) in [5.41, 5.74) is 1.15. The third-order valence-corrected chi connectivity index (χ3v) is 3.54. The maximum atomic E-state index is 12.1. The number of halogens is 2. The van der Waals surface area contributed by atoms with E-state index in [1.165, 1.54) is 0 Å². The van der Waals surface area contributed by atoms with Crippen molar-refractivity contribution in [2.24, 2.45) is 0 Å². The van der Waals surface area contributed by atoms with Gasteiger partial charge in [0.1, 0.15) is 0 Å². The highest BCUT2D eigenvalue weighted by molar-refractivity contribution is 9.10. The Morgan fingerprint density at radius 1 is 1.56 bits per heavy atom. The molecule has 0 spiro atoms. The lowest BCUT2D eigenvalue weighted by molar-refractivity contribution is -0.132. The largest absolute Gasteiger partial charge is 0.340 e. The Balaban J connectivity index is 0.00000162. The molecule has 1 aliphatic heterocycles. The minimum atomic E-state index is 0. The van der Waals surface area contributed by atoms with Gasteiger partial charge in [-0.25, -0.2) is 0 Å². The highest BCUT2D eigenvalue weighted by Gasteiger charge is 2.24. The molecule has 3 nitrogen and oxygen atoms in total. The normalized spacial score (nSPS) is 18.2. The molecule has 1 N–H and O–H groups in total. The van der Waals surface area contributed by atoms with Crippen LogP contribution in [0.15, 0.2) is 28.7 Å². The first kappa shape index (κ1) is 15.5. The number of hydrogen-bond donors (Lipinski definition) is 1. The number of amides is 1. The smallest absolute Gasteiger partial charge is 0.239 e. The van der Waals surface area contributed by atoms with Crippen LogP contribution in [0.5, 0.6) is 0 Å². The Morgan fingerprint density at radius 2 is 2.33 bits per heavy atom. The summed E-state index contributed by atoms with van der Waals surface area (Å²) < 4.78 is 1.05. The summed E-state index contributed by atoms with van der Waals surface area (Å²) >= 11 is 3.44. The Hall–Kier alpha value is -0.580. The highest BCUT2D eigenvalue weighted by atomic mass is 79.9. The van der Waals surface area contributed by atoms with Crippen LogP contribution in [0.1, 0.15) is 18.4 Å². The molecule has 18 heavy (non-hydrogen) atoms. The Bertz CT molecular complexity index is 408. The first-order valence-electron chi connectivity index (χ1n) is 5.89. The third-order valence-electron chi connectivity index (χ3n) is 3.04. The molecule has 1 amide bonds. The molecule has 2 rings (SSSR count). The van der Waals surface area contributed by atoms with Crippen LogP contribution < -0.4 is 5.32 Å². The van der Waals surface area contributed by atoms with Crippen molar-refractivity contribution in [3.05, 3.63) is 34.3 Å². The summed E-state index contributed by atoms with van der Waals surface area (Å²) in [5.74, 6) is 0.197. The van der Waals surface area contributed by atoms with Gasteiger partial charge in [-0.05, 0) is 37.1 Å². The van der Waals surface area contributed by atoms with E-state index >= 15 is 0 Å². The van der Waals surface area contributed by atoms with Gasteiger partial charge in [0.15, 0.2) is 0 Å². The van der Waals surface area contributed by atoms with Gasteiger partial charge in [0, 0.05) is 18.1 Å². The number of nitrogens with zero attached hydrogens (tertiary/aromatic N) is 1. The lowest BCUT2D eigenvalue weighted by atomic mass is 10.1. The Kier molecular flexibility index (Phi) is 6.12. The number of benzene rings is 1. The van der Waals surface area contributed by atoms with E-state index in [1.807, 2.05) is 31.3 Å². The van der Waals surface area contributed by atoms with Crippen LogP contribution in [-0.2, 0) is 11.3 Å². The lowest BCUT2D eigenvalue weighted by Crippen LogP contribution is -2.41. The van der Waals surface area contributed by atoms with Gasteiger partial charge in [0.25, 0.3) is 0 Å². The molecule has 1 aliphatic rings. The van der Waals surface area contributed by atoms with Gasteiger partial charge in [-0.3, -0.25) is 4.79 Å². The maximum absolute atomic E-state index is 12.1. The third kappa shape index (κ3) is 3.97. The van der Waals surface area contributed by atoms with Crippen LogP contribution in [0, 0.1) is 0 Å². The summed E-state index contributed by atoms with van der Waals surface area (Å²) in [4.78, 5) is 13.9. The molecular formula is C13H18BrClN2O. The minimum Gasteiger partial charge on any atom is -0.340 e. The average Bonchev–Trinajstić information content (AvgIpc) is 2.81. The molecule has 5 heteroatoms. The molecule has 0 bridgehead atoms. The van der Waals surface area contributed by atoms with Crippen LogP contribution in [0.4, 0.5) is 0 Å². The van der Waals surface area contributed by atoms with Crippen molar-refractivity contribution in [2.75, 3.05) is 13.6 Å². The second kappa shape index (κ2) is 7.12. The lowest BCUT2D eigenvalue weighted by Gasteiger charge is -2.21. The fourth-order valence-electron chi connectivity index (χ4n) is 2.15. The summed E-state index contributed by atoms with van der Waals surface area (Å²) in [6.45, 7) is 1.62. The van der Waals surface area contributed by atoms with Crippen molar-refractivity contribution in [2.45, 2.75) is 25.4 Å². The molecule has 0 saturated carbocycles. The predicted molar refractivity (Wildman–Crippen MR) is 78.9 cm³/mol. The summed E-state index contributed by atoms with van der Waals surface area (Å²) in [5, 5.41) is 3.23. The zero-order valence-electron chi connectivity index (χ0n) is 10.4. The van der Waals surface area contributed by atoms with Gasteiger partial charge in [0.2, 0.25) is 5.91 Å². The van der Waals surface area contributed by atoms with Crippen LogP contribution in [0.2, 0.25) is 0 Å². The van der Waals surface area contributed by atoms with Crippen LogP contribution in [0.25, 0.3) is 0 Å². The highest BCUT2D eigenvalue weighted by Crippen LogP contribution is 2.14. The van der Waals surface area contributed by atoms with Crippen molar-refractivity contribution < 1.29 is 4.79 Å². The van der Waals surface area contributed by atoms with Crippen LogP contribution >= 0.6 is 28.3 Å². The topological polar surface area (TPSA) is 32.3 Å². The average molecular weight is 334 g/mol. The molecule has 100 valence electrons. The quantitative estimate of drug-likeness (QED) is 0.922. The van der Waals surface area contributed by atoms with Crippen molar-refractivity contribution in [1.82, 2.24) is 10.2 Å². The van der Waals surface area contributed by atoms with Gasteiger partial charge < -0.3 is 10.2 Å². The predicted octanol–water partition coefficient (Wildman–Crippen LogP) is 2.58. The van der Waals surface area contributed by atoms with Crippen molar-refractivity contribution in [3.8, 4) is 0 Å². The first-order chi connectivity index (χ1) is 8.16. The van der Waals surface area contributed by atoms with E-state index in [2.05, 4.69) is 21.2 Å². The second-order valence-corrected chi connectivity index (χ2v) is 5.39. The van der Waals surface area contributed by atoms with Crippen LogP contribution in [0.3, 0.4) is 0 Å². The number of hydrogen-bond acceptors (Lipinski definition) is 2. The number of carbonyl (C=O) groups excluding carboxylic acids is 1. The molecule has 0 radical (unpaired) electrons. The summed E-state index contributed by atoms with van der Waals surface area (Å²) in [6.07, 6.45) is 2.06. The van der Waals surface area contributed by atoms with E-state index < -0.39 is 0 Å². The van der Waals surface area contributed by atoms with Crippen molar-refractivity contribution in [3.63, 3.8) is 0 Å². The monoisotopic (exact) mass is 332 g/mol. The van der Waals surface area contributed by atoms with E-state index in [1.54, 1.807) is 4.90 Å². The first-order valence-corrected chi connectivity index (χ1v) is 6.69. The number of carbonyl (C=O) groups is 1. The zero-order valence-corrected chi connectivity index (χ0v) is 12.8. The second-order valence-electron chi connectivity index (χ2n) is 4.47. The SMILES string of the molecule is CN(Cc1cccc(Br)c1)C(=O)[C@@H]1CCCN1.Cl. The Morgan fingerprint density at radius 3 is 2.94 bits per heavy atom. The molecule has 1 aromatic carbocycles. The molecule has 1 atom stereocenters.